The summed E-state index contributed by atoms with van der Waals surface area (Å²) in [6.45, 7) is 3.25. The molecule has 0 spiro atoms. The Hall–Kier alpha value is -2.53. The molecule has 126 valence electrons. The van der Waals surface area contributed by atoms with Crippen LogP contribution in [0.5, 0.6) is 11.5 Å². The lowest BCUT2D eigenvalue weighted by molar-refractivity contribution is 0.0696. The van der Waals surface area contributed by atoms with Crippen LogP contribution in [0, 0.1) is 0 Å². The number of hydrogen-bond donors (Lipinski definition) is 2. The second-order valence-corrected chi connectivity index (χ2v) is 6.01. The minimum Gasteiger partial charge on any atom is -0.496 e. The smallest absolute Gasteiger partial charge is 0.335 e. The predicted molar refractivity (Wildman–Crippen MR) is 90.7 cm³/mol. The van der Waals surface area contributed by atoms with Crippen molar-refractivity contribution in [2.75, 3.05) is 7.11 Å². The average molecular weight is 327 g/mol. The zero-order chi connectivity index (χ0) is 17.1. The van der Waals surface area contributed by atoms with Gasteiger partial charge >= 0.3 is 5.97 Å². The topological polar surface area (TPSA) is 67.8 Å². The van der Waals surface area contributed by atoms with Gasteiger partial charge in [-0.15, -0.1) is 0 Å². The average Bonchev–Trinajstić information content (AvgIpc) is 2.93. The number of methoxy groups -OCH3 is 1. The molecule has 1 atom stereocenters. The van der Waals surface area contributed by atoms with E-state index < -0.39 is 5.97 Å². The van der Waals surface area contributed by atoms with Crippen LogP contribution in [0.1, 0.15) is 34.0 Å². The Labute approximate surface area is 141 Å². The molecule has 3 rings (SSSR count). The molecule has 5 heteroatoms. The molecule has 24 heavy (non-hydrogen) atoms. The fraction of sp³-hybridized carbons (Fsp3) is 0.316. The Morgan fingerprint density at radius 2 is 2.17 bits per heavy atom. The summed E-state index contributed by atoms with van der Waals surface area (Å²) in [5.41, 5.74) is 3.43. The van der Waals surface area contributed by atoms with Gasteiger partial charge in [0.25, 0.3) is 0 Å². The van der Waals surface area contributed by atoms with E-state index in [1.54, 1.807) is 25.3 Å². The summed E-state index contributed by atoms with van der Waals surface area (Å²) in [7, 11) is 1.67. The van der Waals surface area contributed by atoms with Crippen molar-refractivity contribution in [2.24, 2.45) is 0 Å². The van der Waals surface area contributed by atoms with Crippen molar-refractivity contribution in [3.05, 3.63) is 58.7 Å². The van der Waals surface area contributed by atoms with Gasteiger partial charge in [0.1, 0.15) is 17.6 Å². The van der Waals surface area contributed by atoms with Gasteiger partial charge in [0.15, 0.2) is 0 Å². The minimum absolute atomic E-state index is 0.201. The molecule has 0 radical (unpaired) electrons. The number of nitrogens with one attached hydrogen (secondary N) is 1. The Kier molecular flexibility index (Phi) is 4.71. The van der Waals surface area contributed by atoms with E-state index in [4.69, 9.17) is 14.6 Å². The quantitative estimate of drug-likeness (QED) is 0.854. The summed E-state index contributed by atoms with van der Waals surface area (Å²) in [6.07, 6.45) is 1.10. The molecule has 2 N–H and O–H groups in total. The monoisotopic (exact) mass is 327 g/mol. The maximum Gasteiger partial charge on any atom is 0.335 e. The molecule has 5 nitrogen and oxygen atoms in total. The number of fused-ring (bicyclic) bond motifs is 1. The van der Waals surface area contributed by atoms with Gasteiger partial charge in [-0.1, -0.05) is 12.1 Å². The van der Waals surface area contributed by atoms with E-state index in [2.05, 4.69) is 12.2 Å². The van der Waals surface area contributed by atoms with Crippen molar-refractivity contribution in [1.29, 1.82) is 0 Å². The van der Waals surface area contributed by atoms with Crippen molar-refractivity contribution in [3.8, 4) is 11.5 Å². The maximum absolute atomic E-state index is 11.0. The van der Waals surface area contributed by atoms with Gasteiger partial charge in [-0.05, 0) is 36.8 Å². The number of aromatic carboxylic acids is 1. The van der Waals surface area contributed by atoms with Crippen molar-refractivity contribution in [1.82, 2.24) is 5.32 Å². The largest absolute Gasteiger partial charge is 0.496 e. The zero-order valence-corrected chi connectivity index (χ0v) is 13.8. The van der Waals surface area contributed by atoms with E-state index in [1.807, 2.05) is 18.2 Å². The lowest BCUT2D eigenvalue weighted by atomic mass is 10.1. The fourth-order valence-electron chi connectivity index (χ4n) is 2.97. The number of ether oxygens (including phenoxy) is 2. The van der Waals surface area contributed by atoms with Gasteiger partial charge < -0.3 is 19.9 Å². The fourth-order valence-corrected chi connectivity index (χ4v) is 2.97. The Morgan fingerprint density at radius 3 is 2.92 bits per heavy atom. The first kappa shape index (κ1) is 16.3. The van der Waals surface area contributed by atoms with Gasteiger partial charge in [-0.25, -0.2) is 4.79 Å². The first-order valence-electron chi connectivity index (χ1n) is 7.96. The zero-order valence-electron chi connectivity index (χ0n) is 13.8. The summed E-state index contributed by atoms with van der Waals surface area (Å²) in [5.74, 6) is 0.856. The molecule has 0 aromatic heterocycles. The van der Waals surface area contributed by atoms with Crippen LogP contribution in [-0.4, -0.2) is 24.3 Å². The highest BCUT2D eigenvalue weighted by Gasteiger charge is 2.21. The van der Waals surface area contributed by atoms with Crippen LogP contribution < -0.4 is 14.8 Å². The Balaban J connectivity index is 1.68. The Morgan fingerprint density at radius 1 is 1.33 bits per heavy atom. The van der Waals surface area contributed by atoms with Crippen LogP contribution in [0.2, 0.25) is 0 Å². The highest BCUT2D eigenvalue weighted by molar-refractivity contribution is 5.87. The molecule has 0 bridgehead atoms. The van der Waals surface area contributed by atoms with E-state index in [-0.39, 0.29) is 6.10 Å². The molecule has 0 fully saturated rings. The lowest BCUT2D eigenvalue weighted by Gasteiger charge is -2.12. The van der Waals surface area contributed by atoms with Gasteiger partial charge in [-0.3, -0.25) is 0 Å². The second-order valence-electron chi connectivity index (χ2n) is 6.01. The van der Waals surface area contributed by atoms with Crippen molar-refractivity contribution in [2.45, 2.75) is 32.5 Å². The van der Waals surface area contributed by atoms with Crippen molar-refractivity contribution < 1.29 is 19.4 Å². The molecule has 0 saturated carbocycles. The summed E-state index contributed by atoms with van der Waals surface area (Å²) in [5, 5.41) is 12.4. The van der Waals surface area contributed by atoms with E-state index >= 15 is 0 Å². The van der Waals surface area contributed by atoms with Crippen LogP contribution in [-0.2, 0) is 19.5 Å². The van der Waals surface area contributed by atoms with Crippen LogP contribution in [0.4, 0.5) is 0 Å². The summed E-state index contributed by atoms with van der Waals surface area (Å²) >= 11 is 0. The molecule has 0 saturated heterocycles. The van der Waals surface area contributed by atoms with Crippen LogP contribution in [0.3, 0.4) is 0 Å². The number of carboxylic acid groups (broad SMARTS) is 1. The molecule has 1 unspecified atom stereocenters. The number of carboxylic acids is 1. The molecule has 0 amide bonds. The van der Waals surface area contributed by atoms with Crippen LogP contribution >= 0.6 is 0 Å². The van der Waals surface area contributed by atoms with E-state index in [0.717, 1.165) is 29.0 Å². The van der Waals surface area contributed by atoms with E-state index in [0.29, 0.717) is 18.7 Å². The standard InChI is InChI=1S/C19H21NO4/c1-12-6-15-8-17(23-2)16(9-18(15)24-12)11-20-10-13-4-3-5-14(7-13)19(21)22/h3-5,7-9,12,20H,6,10-11H2,1-2H3,(H,21,22). The molecule has 1 heterocycles. The second kappa shape index (κ2) is 6.93. The third kappa shape index (κ3) is 3.51. The van der Waals surface area contributed by atoms with Crippen LogP contribution in [0.25, 0.3) is 0 Å². The number of carbonyl (C=O) groups is 1. The van der Waals surface area contributed by atoms with Gasteiger partial charge in [-0.2, -0.15) is 0 Å². The normalized spacial score (nSPS) is 15.7. The lowest BCUT2D eigenvalue weighted by Crippen LogP contribution is -2.14. The molecule has 2 aromatic carbocycles. The molecule has 1 aliphatic rings. The molecule has 0 aliphatic carbocycles. The predicted octanol–water partition coefficient (Wildman–Crippen LogP) is 3.01. The maximum atomic E-state index is 11.0. The first-order chi connectivity index (χ1) is 11.6. The highest BCUT2D eigenvalue weighted by Crippen LogP contribution is 2.34. The van der Waals surface area contributed by atoms with Gasteiger partial charge in [0, 0.05) is 30.6 Å². The summed E-state index contributed by atoms with van der Waals surface area (Å²) < 4.78 is 11.3. The Bertz CT molecular complexity index is 757. The van der Waals surface area contributed by atoms with Crippen molar-refractivity contribution in [3.63, 3.8) is 0 Å². The molecular weight excluding hydrogens is 306 g/mol. The summed E-state index contributed by atoms with van der Waals surface area (Å²) in [6, 6.07) is 11.0. The third-order valence-electron chi connectivity index (χ3n) is 4.12. The molecular formula is C19H21NO4. The highest BCUT2D eigenvalue weighted by atomic mass is 16.5. The van der Waals surface area contributed by atoms with Crippen LogP contribution in [0.15, 0.2) is 36.4 Å². The number of hydrogen-bond acceptors (Lipinski definition) is 4. The minimum atomic E-state index is -0.914. The molecule has 2 aromatic rings. The van der Waals surface area contributed by atoms with Crippen molar-refractivity contribution >= 4 is 5.97 Å². The summed E-state index contributed by atoms with van der Waals surface area (Å²) in [4.78, 5) is 11.0. The van der Waals surface area contributed by atoms with Gasteiger partial charge in [0.2, 0.25) is 0 Å². The first-order valence-corrected chi connectivity index (χ1v) is 7.96. The SMILES string of the molecule is COc1cc2c(cc1CNCc1cccc(C(=O)O)c1)OC(C)C2. The van der Waals surface area contributed by atoms with E-state index in [1.165, 1.54) is 5.56 Å². The number of benzene rings is 2. The molecule has 1 aliphatic heterocycles. The number of rotatable bonds is 6. The van der Waals surface area contributed by atoms with Gasteiger partial charge in [0.05, 0.1) is 12.7 Å². The van der Waals surface area contributed by atoms with E-state index in [9.17, 15) is 4.79 Å². The third-order valence-corrected chi connectivity index (χ3v) is 4.12.